The number of amides is 1. The highest BCUT2D eigenvalue weighted by Crippen LogP contribution is 2.27. The Morgan fingerprint density at radius 1 is 1.35 bits per heavy atom. The maximum Gasteiger partial charge on any atom is 0.257 e. The summed E-state index contributed by atoms with van der Waals surface area (Å²) in [6, 6.07) is 4.80. The molecule has 23 heavy (non-hydrogen) atoms. The van der Waals surface area contributed by atoms with Crippen LogP contribution in [0, 0.1) is 5.92 Å². The Kier molecular flexibility index (Phi) is 6.56. The summed E-state index contributed by atoms with van der Waals surface area (Å²) in [5, 5.41) is 3.62. The average Bonchev–Trinajstić information content (AvgIpc) is 2.84. The normalized spacial score (nSPS) is 19.5. The number of nitrogens with one attached hydrogen (secondary N) is 1. The fourth-order valence-electron chi connectivity index (χ4n) is 2.50. The third-order valence-electron chi connectivity index (χ3n) is 3.69. The van der Waals surface area contributed by atoms with Crippen molar-refractivity contribution in [1.29, 1.82) is 0 Å². The van der Waals surface area contributed by atoms with E-state index in [1.165, 1.54) is 0 Å². The zero-order valence-corrected chi connectivity index (χ0v) is 14.9. The molecular weight excluding hydrogens is 361 g/mol. The second kappa shape index (κ2) is 8.22. The molecule has 1 amide bonds. The van der Waals surface area contributed by atoms with Crippen LogP contribution in [0.25, 0.3) is 0 Å². The van der Waals surface area contributed by atoms with Gasteiger partial charge in [0.2, 0.25) is 0 Å². The van der Waals surface area contributed by atoms with Gasteiger partial charge in [-0.1, -0.05) is 23.2 Å². The van der Waals surface area contributed by atoms with Crippen molar-refractivity contribution in [3.8, 4) is 5.75 Å². The highest BCUT2D eigenvalue weighted by Gasteiger charge is 2.27. The van der Waals surface area contributed by atoms with Gasteiger partial charge in [-0.05, 0) is 37.3 Å². The SMILES string of the molecule is O=C(COc1cc(Cl)ccc1Cl)NCCCC1CCS(=O)(=O)C1. The van der Waals surface area contributed by atoms with Crippen LogP contribution in [0.3, 0.4) is 0 Å². The lowest BCUT2D eigenvalue weighted by Crippen LogP contribution is -2.30. The minimum Gasteiger partial charge on any atom is -0.482 e. The van der Waals surface area contributed by atoms with E-state index in [1.54, 1.807) is 18.2 Å². The van der Waals surface area contributed by atoms with Gasteiger partial charge in [-0.2, -0.15) is 0 Å². The molecule has 1 heterocycles. The predicted octanol–water partition coefficient (Wildman–Crippen LogP) is 2.70. The molecule has 0 aromatic heterocycles. The number of sulfone groups is 1. The van der Waals surface area contributed by atoms with Crippen LogP contribution < -0.4 is 10.1 Å². The van der Waals surface area contributed by atoms with Crippen molar-refractivity contribution in [1.82, 2.24) is 5.32 Å². The molecule has 2 rings (SSSR count). The van der Waals surface area contributed by atoms with Gasteiger partial charge in [0.05, 0.1) is 16.5 Å². The number of carbonyl (C=O) groups is 1. The van der Waals surface area contributed by atoms with Crippen LogP contribution in [-0.4, -0.2) is 39.0 Å². The van der Waals surface area contributed by atoms with Crippen LogP contribution in [-0.2, 0) is 14.6 Å². The molecule has 1 unspecified atom stereocenters. The van der Waals surface area contributed by atoms with E-state index in [-0.39, 0.29) is 29.9 Å². The molecule has 0 aliphatic carbocycles. The fraction of sp³-hybridized carbons (Fsp3) is 0.533. The molecule has 0 saturated carbocycles. The largest absolute Gasteiger partial charge is 0.482 e. The third-order valence-corrected chi connectivity index (χ3v) is 6.07. The maximum absolute atomic E-state index is 11.7. The lowest BCUT2D eigenvalue weighted by atomic mass is 10.0. The van der Waals surface area contributed by atoms with Gasteiger partial charge in [-0.3, -0.25) is 4.79 Å². The van der Waals surface area contributed by atoms with Crippen molar-refractivity contribution < 1.29 is 17.9 Å². The van der Waals surface area contributed by atoms with Crippen LogP contribution in [0.1, 0.15) is 19.3 Å². The summed E-state index contributed by atoms with van der Waals surface area (Å²) in [6.45, 7) is 0.361. The van der Waals surface area contributed by atoms with Gasteiger partial charge in [-0.25, -0.2) is 8.42 Å². The summed E-state index contributed by atoms with van der Waals surface area (Å²) in [6.07, 6.45) is 2.29. The van der Waals surface area contributed by atoms with E-state index in [9.17, 15) is 13.2 Å². The van der Waals surface area contributed by atoms with Gasteiger partial charge < -0.3 is 10.1 Å². The fourth-order valence-corrected chi connectivity index (χ4v) is 4.75. The molecule has 1 fully saturated rings. The molecule has 128 valence electrons. The lowest BCUT2D eigenvalue weighted by molar-refractivity contribution is -0.123. The number of carbonyl (C=O) groups excluding carboxylic acids is 1. The van der Waals surface area contributed by atoms with Gasteiger partial charge in [0, 0.05) is 17.6 Å². The van der Waals surface area contributed by atoms with Crippen LogP contribution in [0.15, 0.2) is 18.2 Å². The molecule has 5 nitrogen and oxygen atoms in total. The summed E-state index contributed by atoms with van der Waals surface area (Å²) in [5.74, 6) is 0.902. The first-order chi connectivity index (χ1) is 10.9. The molecule has 0 spiro atoms. The van der Waals surface area contributed by atoms with E-state index >= 15 is 0 Å². The lowest BCUT2D eigenvalue weighted by Gasteiger charge is -2.10. The van der Waals surface area contributed by atoms with Crippen molar-refractivity contribution in [3.63, 3.8) is 0 Å². The Morgan fingerprint density at radius 3 is 2.83 bits per heavy atom. The van der Waals surface area contributed by atoms with Crippen molar-refractivity contribution in [3.05, 3.63) is 28.2 Å². The quantitative estimate of drug-likeness (QED) is 0.739. The molecule has 8 heteroatoms. The van der Waals surface area contributed by atoms with E-state index in [0.29, 0.717) is 22.3 Å². The maximum atomic E-state index is 11.7. The number of hydrogen-bond donors (Lipinski definition) is 1. The van der Waals surface area contributed by atoms with E-state index in [4.69, 9.17) is 27.9 Å². The van der Waals surface area contributed by atoms with Gasteiger partial charge in [-0.15, -0.1) is 0 Å². The second-order valence-corrected chi connectivity index (χ2v) is 8.70. The summed E-state index contributed by atoms with van der Waals surface area (Å²) >= 11 is 11.8. The van der Waals surface area contributed by atoms with E-state index < -0.39 is 9.84 Å². The van der Waals surface area contributed by atoms with Gasteiger partial charge in [0.1, 0.15) is 5.75 Å². The Morgan fingerprint density at radius 2 is 2.13 bits per heavy atom. The molecule has 1 aromatic carbocycles. The smallest absolute Gasteiger partial charge is 0.257 e. The van der Waals surface area contributed by atoms with Crippen LogP contribution in [0.5, 0.6) is 5.75 Å². The van der Waals surface area contributed by atoms with Gasteiger partial charge >= 0.3 is 0 Å². The molecule has 1 aliphatic rings. The first-order valence-electron chi connectivity index (χ1n) is 7.41. The van der Waals surface area contributed by atoms with Crippen LogP contribution in [0.2, 0.25) is 10.0 Å². The summed E-state index contributed by atoms with van der Waals surface area (Å²) in [7, 11) is -2.83. The molecular formula is C15H19Cl2NO4S. The summed E-state index contributed by atoms with van der Waals surface area (Å²) in [4.78, 5) is 11.7. The molecule has 0 bridgehead atoms. The second-order valence-electron chi connectivity index (χ2n) is 5.62. The zero-order valence-electron chi connectivity index (χ0n) is 12.6. The van der Waals surface area contributed by atoms with Gasteiger partial charge in [0.15, 0.2) is 16.4 Å². The molecule has 1 saturated heterocycles. The van der Waals surface area contributed by atoms with E-state index in [0.717, 1.165) is 19.3 Å². The van der Waals surface area contributed by atoms with Crippen LogP contribution in [0.4, 0.5) is 0 Å². The highest BCUT2D eigenvalue weighted by molar-refractivity contribution is 7.91. The minimum absolute atomic E-state index is 0.141. The first kappa shape index (κ1) is 18.4. The van der Waals surface area contributed by atoms with Crippen molar-refractivity contribution in [2.75, 3.05) is 24.7 Å². The average molecular weight is 380 g/mol. The van der Waals surface area contributed by atoms with Crippen molar-refractivity contribution >= 4 is 38.9 Å². The van der Waals surface area contributed by atoms with E-state index in [1.807, 2.05) is 0 Å². The third kappa shape index (κ3) is 6.20. The van der Waals surface area contributed by atoms with Crippen molar-refractivity contribution in [2.24, 2.45) is 5.92 Å². The first-order valence-corrected chi connectivity index (χ1v) is 9.98. The Bertz CT molecular complexity index is 663. The number of hydrogen-bond acceptors (Lipinski definition) is 4. The Hall–Kier alpha value is -0.980. The Labute approximate surface area is 146 Å². The molecule has 1 aromatic rings. The number of ether oxygens (including phenoxy) is 1. The predicted molar refractivity (Wildman–Crippen MR) is 91.0 cm³/mol. The molecule has 1 aliphatic heterocycles. The van der Waals surface area contributed by atoms with Crippen molar-refractivity contribution in [2.45, 2.75) is 19.3 Å². The monoisotopic (exact) mass is 379 g/mol. The molecule has 1 N–H and O–H groups in total. The topological polar surface area (TPSA) is 72.5 Å². The molecule has 0 radical (unpaired) electrons. The summed E-state index contributed by atoms with van der Waals surface area (Å²) in [5.41, 5.74) is 0. The minimum atomic E-state index is -2.83. The van der Waals surface area contributed by atoms with Gasteiger partial charge in [0.25, 0.3) is 5.91 Å². The summed E-state index contributed by atoms with van der Waals surface area (Å²) < 4.78 is 28.0. The molecule has 1 atom stereocenters. The number of rotatable bonds is 7. The van der Waals surface area contributed by atoms with Crippen LogP contribution >= 0.6 is 23.2 Å². The zero-order chi connectivity index (χ0) is 16.9. The number of halogens is 2. The van der Waals surface area contributed by atoms with E-state index in [2.05, 4.69) is 5.32 Å². The number of benzene rings is 1. The standard InChI is InChI=1S/C15H19Cl2NO4S/c16-12-3-4-13(17)14(8-12)22-9-15(19)18-6-1-2-11-5-7-23(20,21)10-11/h3-4,8,11H,1-2,5-7,9-10H2,(H,18,19). The Balaban J connectivity index is 1.63. The highest BCUT2D eigenvalue weighted by atomic mass is 35.5.